The van der Waals surface area contributed by atoms with E-state index >= 15 is 0 Å². The van der Waals surface area contributed by atoms with Gasteiger partial charge in [-0.25, -0.2) is 4.98 Å². The molecule has 0 aliphatic heterocycles. The van der Waals surface area contributed by atoms with Crippen LogP contribution < -0.4 is 10.6 Å². The number of carbonyl (C=O) groups excluding carboxylic acids is 1. The molecule has 1 aromatic heterocycles. The van der Waals surface area contributed by atoms with Gasteiger partial charge in [0.15, 0.2) is 0 Å². The van der Waals surface area contributed by atoms with Crippen LogP contribution in [-0.2, 0) is 0 Å². The molecule has 1 fully saturated rings. The van der Waals surface area contributed by atoms with Gasteiger partial charge >= 0.3 is 0 Å². The Kier molecular flexibility index (Phi) is 2.35. The molecule has 0 saturated heterocycles. The van der Waals surface area contributed by atoms with E-state index in [2.05, 4.69) is 15.6 Å². The second kappa shape index (κ2) is 3.65. The maximum absolute atomic E-state index is 11.6. The molecule has 0 bridgehead atoms. The Hall–Kier alpha value is -1.58. The van der Waals surface area contributed by atoms with Crippen LogP contribution in [0.25, 0.3) is 0 Å². The fourth-order valence-electron chi connectivity index (χ4n) is 1.20. The van der Waals surface area contributed by atoms with E-state index in [1.807, 2.05) is 0 Å². The van der Waals surface area contributed by atoms with Crippen LogP contribution in [-0.4, -0.2) is 24.0 Å². The lowest BCUT2D eigenvalue weighted by Crippen LogP contribution is -2.25. The van der Waals surface area contributed by atoms with Gasteiger partial charge in [-0.05, 0) is 25.0 Å². The van der Waals surface area contributed by atoms with Crippen molar-refractivity contribution in [3.8, 4) is 0 Å². The topological polar surface area (TPSA) is 54.0 Å². The molecule has 1 amide bonds. The van der Waals surface area contributed by atoms with Gasteiger partial charge in [-0.1, -0.05) is 0 Å². The first kappa shape index (κ1) is 8.99. The molecule has 2 N–H and O–H groups in total. The summed E-state index contributed by atoms with van der Waals surface area (Å²) in [5.41, 5.74) is 0.663. The van der Waals surface area contributed by atoms with Crippen molar-refractivity contribution in [1.29, 1.82) is 0 Å². The van der Waals surface area contributed by atoms with Gasteiger partial charge in [0.25, 0.3) is 5.91 Å². The van der Waals surface area contributed by atoms with E-state index in [0.29, 0.717) is 17.4 Å². The average molecular weight is 191 g/mol. The van der Waals surface area contributed by atoms with Gasteiger partial charge in [0.2, 0.25) is 0 Å². The molecule has 2 rings (SSSR count). The third-order valence-electron chi connectivity index (χ3n) is 2.19. The first-order chi connectivity index (χ1) is 6.79. The Labute approximate surface area is 82.7 Å². The van der Waals surface area contributed by atoms with Crippen LogP contribution in [0, 0.1) is 0 Å². The van der Waals surface area contributed by atoms with Crippen molar-refractivity contribution in [2.45, 2.75) is 18.9 Å². The van der Waals surface area contributed by atoms with Crippen LogP contribution in [0.3, 0.4) is 0 Å². The largest absolute Gasteiger partial charge is 0.373 e. The average Bonchev–Trinajstić information content (AvgIpc) is 3.02. The van der Waals surface area contributed by atoms with Crippen molar-refractivity contribution >= 4 is 11.7 Å². The highest BCUT2D eigenvalue weighted by Crippen LogP contribution is 2.19. The highest BCUT2D eigenvalue weighted by Gasteiger charge is 2.23. The summed E-state index contributed by atoms with van der Waals surface area (Å²) in [5.74, 6) is 0.708. The molecule has 1 heterocycles. The van der Waals surface area contributed by atoms with E-state index in [1.54, 1.807) is 25.4 Å². The van der Waals surface area contributed by atoms with Crippen molar-refractivity contribution < 1.29 is 4.79 Å². The summed E-state index contributed by atoms with van der Waals surface area (Å²) in [6.45, 7) is 0. The molecule has 74 valence electrons. The summed E-state index contributed by atoms with van der Waals surface area (Å²) in [7, 11) is 1.78. The molecule has 1 aliphatic rings. The van der Waals surface area contributed by atoms with Gasteiger partial charge in [0.1, 0.15) is 5.82 Å². The summed E-state index contributed by atoms with van der Waals surface area (Å²) in [4.78, 5) is 15.6. The van der Waals surface area contributed by atoms with Gasteiger partial charge in [-0.3, -0.25) is 4.79 Å². The van der Waals surface area contributed by atoms with E-state index in [0.717, 1.165) is 12.8 Å². The molecule has 1 aliphatic carbocycles. The monoisotopic (exact) mass is 191 g/mol. The fourth-order valence-corrected chi connectivity index (χ4v) is 1.20. The molecule has 1 saturated carbocycles. The first-order valence-electron chi connectivity index (χ1n) is 4.74. The van der Waals surface area contributed by atoms with Crippen LogP contribution in [0.1, 0.15) is 23.2 Å². The second-order valence-corrected chi connectivity index (χ2v) is 3.43. The zero-order chi connectivity index (χ0) is 9.97. The third kappa shape index (κ3) is 2.02. The molecule has 0 spiro atoms. The van der Waals surface area contributed by atoms with Crippen molar-refractivity contribution in [2.75, 3.05) is 12.4 Å². The number of nitrogens with zero attached hydrogens (tertiary/aromatic N) is 1. The molecule has 0 atom stereocenters. The van der Waals surface area contributed by atoms with Crippen LogP contribution in [0.2, 0.25) is 0 Å². The lowest BCUT2D eigenvalue weighted by molar-refractivity contribution is 0.0951. The molecular weight excluding hydrogens is 178 g/mol. The number of aromatic nitrogens is 1. The van der Waals surface area contributed by atoms with E-state index < -0.39 is 0 Å². The molecule has 1 aromatic rings. The Balaban J connectivity index is 2.09. The highest BCUT2D eigenvalue weighted by molar-refractivity contribution is 5.95. The minimum Gasteiger partial charge on any atom is -0.373 e. The van der Waals surface area contributed by atoms with Crippen LogP contribution in [0.4, 0.5) is 5.82 Å². The number of nitrogens with one attached hydrogen (secondary N) is 2. The minimum absolute atomic E-state index is 0.00796. The normalized spacial score (nSPS) is 14.9. The van der Waals surface area contributed by atoms with E-state index in [-0.39, 0.29) is 5.91 Å². The number of pyridine rings is 1. The standard InChI is InChI=1S/C10H13N3O/c1-11-9-6-7(4-5-12-9)10(14)13-8-2-3-8/h4-6,8H,2-3H2,1H3,(H,11,12)(H,13,14). The molecular formula is C10H13N3O. The van der Waals surface area contributed by atoms with Crippen molar-refractivity contribution in [2.24, 2.45) is 0 Å². The van der Waals surface area contributed by atoms with Crippen molar-refractivity contribution in [3.63, 3.8) is 0 Å². The second-order valence-electron chi connectivity index (χ2n) is 3.43. The zero-order valence-corrected chi connectivity index (χ0v) is 8.08. The first-order valence-corrected chi connectivity index (χ1v) is 4.74. The maximum atomic E-state index is 11.6. The van der Waals surface area contributed by atoms with E-state index in [4.69, 9.17) is 0 Å². The van der Waals surface area contributed by atoms with Crippen LogP contribution in [0.15, 0.2) is 18.3 Å². The van der Waals surface area contributed by atoms with E-state index in [1.165, 1.54) is 0 Å². The third-order valence-corrected chi connectivity index (χ3v) is 2.19. The quantitative estimate of drug-likeness (QED) is 0.749. The number of hydrogen-bond donors (Lipinski definition) is 2. The summed E-state index contributed by atoms with van der Waals surface area (Å²) >= 11 is 0. The Morgan fingerprint density at radius 2 is 2.36 bits per heavy atom. The number of hydrogen-bond acceptors (Lipinski definition) is 3. The fraction of sp³-hybridized carbons (Fsp3) is 0.400. The van der Waals surface area contributed by atoms with Gasteiger partial charge in [0, 0.05) is 24.8 Å². The molecule has 4 heteroatoms. The molecule has 14 heavy (non-hydrogen) atoms. The summed E-state index contributed by atoms with van der Waals surface area (Å²) in [6, 6.07) is 3.87. The number of rotatable bonds is 3. The van der Waals surface area contributed by atoms with Gasteiger partial charge < -0.3 is 10.6 Å². The van der Waals surface area contributed by atoms with Gasteiger partial charge in [-0.15, -0.1) is 0 Å². The lowest BCUT2D eigenvalue weighted by Gasteiger charge is -2.04. The van der Waals surface area contributed by atoms with Gasteiger partial charge in [-0.2, -0.15) is 0 Å². The molecule has 0 radical (unpaired) electrons. The Morgan fingerprint density at radius 3 is 3.00 bits per heavy atom. The van der Waals surface area contributed by atoms with E-state index in [9.17, 15) is 4.79 Å². The SMILES string of the molecule is CNc1cc(C(=O)NC2CC2)ccn1. The lowest BCUT2D eigenvalue weighted by atomic mass is 10.2. The molecule has 0 unspecified atom stereocenters. The summed E-state index contributed by atoms with van der Waals surface area (Å²) < 4.78 is 0. The highest BCUT2D eigenvalue weighted by atomic mass is 16.1. The number of anilines is 1. The minimum atomic E-state index is -0.00796. The maximum Gasteiger partial charge on any atom is 0.251 e. The molecule has 4 nitrogen and oxygen atoms in total. The summed E-state index contributed by atoms with van der Waals surface area (Å²) in [5, 5.41) is 5.83. The zero-order valence-electron chi connectivity index (χ0n) is 8.08. The van der Waals surface area contributed by atoms with Crippen molar-refractivity contribution in [3.05, 3.63) is 23.9 Å². The smallest absolute Gasteiger partial charge is 0.251 e. The van der Waals surface area contributed by atoms with Crippen LogP contribution in [0.5, 0.6) is 0 Å². The van der Waals surface area contributed by atoms with Crippen LogP contribution >= 0.6 is 0 Å². The predicted molar refractivity (Wildman–Crippen MR) is 54.3 cm³/mol. The number of amides is 1. The predicted octanol–water partition coefficient (Wildman–Crippen LogP) is 1.02. The Morgan fingerprint density at radius 1 is 1.57 bits per heavy atom. The van der Waals surface area contributed by atoms with Gasteiger partial charge in [0.05, 0.1) is 0 Å². The number of carbonyl (C=O) groups is 1. The molecule has 0 aromatic carbocycles. The summed E-state index contributed by atoms with van der Waals surface area (Å²) in [6.07, 6.45) is 3.85. The Bertz CT molecular complexity index is 347. The van der Waals surface area contributed by atoms with Crippen molar-refractivity contribution in [1.82, 2.24) is 10.3 Å².